The topological polar surface area (TPSA) is 114 Å². The van der Waals surface area contributed by atoms with E-state index in [2.05, 4.69) is 31.5 Å². The summed E-state index contributed by atoms with van der Waals surface area (Å²) in [5.74, 6) is -0.970. The minimum Gasteiger partial charge on any atom is -0.368 e. The smallest absolute Gasteiger partial charge is 0.368 e. The van der Waals surface area contributed by atoms with Crippen LogP contribution in [0.4, 0.5) is 19.0 Å². The molecular weight excluding hydrogens is 453 g/mol. The van der Waals surface area contributed by atoms with Crippen molar-refractivity contribution in [3.63, 3.8) is 0 Å². The van der Waals surface area contributed by atoms with Gasteiger partial charge in [0.25, 0.3) is 5.91 Å². The lowest BCUT2D eigenvalue weighted by atomic mass is 10.2. The predicted molar refractivity (Wildman–Crippen MR) is 95.6 cm³/mol. The van der Waals surface area contributed by atoms with Crippen molar-refractivity contribution in [1.29, 1.82) is 0 Å². The molecule has 1 heterocycles. The maximum Gasteiger partial charge on any atom is 0.419 e. The molecule has 1 aromatic heterocycles. The summed E-state index contributed by atoms with van der Waals surface area (Å²) in [6.07, 6.45) is -3.34. The number of nitrogens with one attached hydrogen (secondary N) is 2. The van der Waals surface area contributed by atoms with Gasteiger partial charge in [0.15, 0.2) is 0 Å². The van der Waals surface area contributed by atoms with Gasteiger partial charge in [-0.15, -0.1) is 0 Å². The first-order chi connectivity index (χ1) is 12.5. The summed E-state index contributed by atoms with van der Waals surface area (Å²) in [6.45, 7) is -0.0585. The Hall–Kier alpha value is -2.18. The van der Waals surface area contributed by atoms with Gasteiger partial charge in [-0.3, -0.25) is 4.79 Å². The summed E-state index contributed by atoms with van der Waals surface area (Å²) < 4.78 is 61.7. The fourth-order valence-electron chi connectivity index (χ4n) is 2.08. The number of benzene rings is 1. The number of carbonyl (C=O) groups excluding carboxylic acids is 1. The van der Waals surface area contributed by atoms with Gasteiger partial charge in [0.2, 0.25) is 10.0 Å². The second-order valence-corrected chi connectivity index (χ2v) is 7.68. The number of nitrogens with zero attached hydrogens (tertiary/aromatic N) is 1. The molecule has 1 amide bonds. The third kappa shape index (κ3) is 5.65. The van der Waals surface area contributed by atoms with E-state index >= 15 is 0 Å². The maximum absolute atomic E-state index is 12.9. The molecule has 4 N–H and O–H groups in total. The van der Waals surface area contributed by atoms with E-state index in [1.165, 1.54) is 24.4 Å². The molecular formula is C15H14BrF3N4O3S. The molecule has 146 valence electrons. The van der Waals surface area contributed by atoms with Crippen LogP contribution in [0.2, 0.25) is 0 Å². The van der Waals surface area contributed by atoms with Crippen molar-refractivity contribution in [3.8, 4) is 0 Å². The number of rotatable bonds is 6. The van der Waals surface area contributed by atoms with Gasteiger partial charge in [0.05, 0.1) is 16.0 Å². The van der Waals surface area contributed by atoms with Crippen molar-refractivity contribution in [2.24, 2.45) is 5.14 Å². The number of hydrogen-bond donors (Lipinski definition) is 3. The van der Waals surface area contributed by atoms with E-state index in [0.29, 0.717) is 4.47 Å². The highest BCUT2D eigenvalue weighted by atomic mass is 79.9. The molecule has 0 unspecified atom stereocenters. The van der Waals surface area contributed by atoms with Crippen LogP contribution in [-0.4, -0.2) is 32.4 Å². The summed E-state index contributed by atoms with van der Waals surface area (Å²) in [6, 6.07) is 5.76. The summed E-state index contributed by atoms with van der Waals surface area (Å²) in [5, 5.41) is 10.0. The van der Waals surface area contributed by atoms with Crippen LogP contribution in [0.15, 0.2) is 45.9 Å². The Kier molecular flexibility index (Phi) is 6.44. The number of nitrogens with two attached hydrogens (primary N) is 1. The predicted octanol–water partition coefficient (Wildman–Crippen LogP) is 2.35. The van der Waals surface area contributed by atoms with E-state index in [1.807, 2.05) is 0 Å². The number of pyridine rings is 1. The highest BCUT2D eigenvalue weighted by molar-refractivity contribution is 9.10. The molecule has 0 aliphatic rings. The van der Waals surface area contributed by atoms with Crippen LogP contribution >= 0.6 is 15.9 Å². The standard InChI is InChI=1S/C15H14BrF3N4O3S/c16-12-4-3-9(27(20,25)26)8-10(12)14(24)23-7-6-22-13-11(15(17,18)19)2-1-5-21-13/h1-5,8H,6-7H2,(H,21,22)(H,23,24)(H2,20,25,26). The van der Waals surface area contributed by atoms with E-state index in [1.54, 1.807) is 0 Å². The Morgan fingerprint density at radius 2 is 1.93 bits per heavy atom. The van der Waals surface area contributed by atoms with E-state index < -0.39 is 27.7 Å². The van der Waals surface area contributed by atoms with Gasteiger partial charge in [-0.25, -0.2) is 18.5 Å². The van der Waals surface area contributed by atoms with Crippen molar-refractivity contribution in [3.05, 3.63) is 52.1 Å². The number of primary sulfonamides is 1. The minimum absolute atomic E-state index is 0.0235. The molecule has 7 nitrogen and oxygen atoms in total. The molecule has 2 aromatic rings. The van der Waals surface area contributed by atoms with Gasteiger partial charge in [0.1, 0.15) is 5.82 Å². The lowest BCUT2D eigenvalue weighted by molar-refractivity contribution is -0.137. The Morgan fingerprint density at radius 3 is 2.56 bits per heavy atom. The van der Waals surface area contributed by atoms with E-state index in [-0.39, 0.29) is 29.4 Å². The Morgan fingerprint density at radius 1 is 1.22 bits per heavy atom. The van der Waals surface area contributed by atoms with Crippen LogP contribution in [-0.2, 0) is 16.2 Å². The van der Waals surface area contributed by atoms with Crippen molar-refractivity contribution < 1.29 is 26.4 Å². The molecule has 0 spiro atoms. The number of alkyl halides is 3. The SMILES string of the molecule is NS(=O)(=O)c1ccc(Br)c(C(=O)NCCNc2ncccc2C(F)(F)F)c1. The van der Waals surface area contributed by atoms with Gasteiger partial charge in [-0.2, -0.15) is 13.2 Å². The Labute approximate surface area is 161 Å². The van der Waals surface area contributed by atoms with Crippen LogP contribution in [0.25, 0.3) is 0 Å². The zero-order valence-electron chi connectivity index (χ0n) is 13.5. The Bertz CT molecular complexity index is 952. The molecule has 0 saturated heterocycles. The monoisotopic (exact) mass is 466 g/mol. The molecule has 2 rings (SSSR count). The van der Waals surface area contributed by atoms with Crippen LogP contribution in [0.1, 0.15) is 15.9 Å². The molecule has 27 heavy (non-hydrogen) atoms. The Balaban J connectivity index is 2.00. The number of anilines is 1. The molecule has 0 aliphatic carbocycles. The van der Waals surface area contributed by atoms with Gasteiger partial charge in [0, 0.05) is 23.8 Å². The zero-order chi connectivity index (χ0) is 20.2. The van der Waals surface area contributed by atoms with Crippen molar-refractivity contribution in [1.82, 2.24) is 10.3 Å². The second kappa shape index (κ2) is 8.23. The van der Waals surface area contributed by atoms with E-state index in [9.17, 15) is 26.4 Å². The van der Waals surface area contributed by atoms with Gasteiger partial charge in [-0.1, -0.05) is 0 Å². The minimum atomic E-state index is -4.56. The zero-order valence-corrected chi connectivity index (χ0v) is 16.0. The van der Waals surface area contributed by atoms with Crippen LogP contribution in [0, 0.1) is 0 Å². The first-order valence-corrected chi connectivity index (χ1v) is 9.70. The average Bonchev–Trinajstić information content (AvgIpc) is 2.57. The molecule has 1 aromatic carbocycles. The maximum atomic E-state index is 12.9. The lowest BCUT2D eigenvalue weighted by Crippen LogP contribution is -2.29. The first-order valence-electron chi connectivity index (χ1n) is 7.37. The van der Waals surface area contributed by atoms with Gasteiger partial charge in [-0.05, 0) is 46.3 Å². The number of amides is 1. The largest absolute Gasteiger partial charge is 0.419 e. The van der Waals surface area contributed by atoms with Crippen molar-refractivity contribution >= 4 is 37.7 Å². The highest BCUT2D eigenvalue weighted by Crippen LogP contribution is 2.33. The average molecular weight is 467 g/mol. The molecule has 0 aliphatic heterocycles. The summed E-state index contributed by atoms with van der Waals surface area (Å²) in [7, 11) is -3.98. The van der Waals surface area contributed by atoms with E-state index in [0.717, 1.165) is 12.1 Å². The third-order valence-corrected chi connectivity index (χ3v) is 4.93. The van der Waals surface area contributed by atoms with Crippen LogP contribution in [0.5, 0.6) is 0 Å². The summed E-state index contributed by atoms with van der Waals surface area (Å²) >= 11 is 3.13. The molecule has 0 atom stereocenters. The van der Waals surface area contributed by atoms with Crippen molar-refractivity contribution in [2.45, 2.75) is 11.1 Å². The quantitative estimate of drug-likeness (QED) is 0.565. The summed E-state index contributed by atoms with van der Waals surface area (Å²) in [4.78, 5) is 15.6. The number of aromatic nitrogens is 1. The normalized spacial score (nSPS) is 11.9. The molecule has 12 heteroatoms. The second-order valence-electron chi connectivity index (χ2n) is 5.27. The van der Waals surface area contributed by atoms with Gasteiger partial charge < -0.3 is 10.6 Å². The fraction of sp³-hybridized carbons (Fsp3) is 0.200. The van der Waals surface area contributed by atoms with Crippen LogP contribution in [0.3, 0.4) is 0 Å². The summed E-state index contributed by atoms with van der Waals surface area (Å²) in [5.41, 5.74) is -0.893. The fourth-order valence-corrected chi connectivity index (χ4v) is 3.05. The van der Waals surface area contributed by atoms with Crippen LogP contribution < -0.4 is 15.8 Å². The lowest BCUT2D eigenvalue weighted by Gasteiger charge is -2.13. The molecule has 0 fully saturated rings. The number of halogens is 4. The van der Waals surface area contributed by atoms with Crippen molar-refractivity contribution in [2.75, 3.05) is 18.4 Å². The third-order valence-electron chi connectivity index (χ3n) is 3.33. The van der Waals surface area contributed by atoms with Gasteiger partial charge >= 0.3 is 6.18 Å². The first kappa shape index (κ1) is 21.1. The molecule has 0 saturated carbocycles. The molecule has 0 bridgehead atoms. The molecule has 0 radical (unpaired) electrons. The van der Waals surface area contributed by atoms with E-state index in [4.69, 9.17) is 5.14 Å². The number of carbonyl (C=O) groups is 1. The number of hydrogen-bond acceptors (Lipinski definition) is 5. The highest BCUT2D eigenvalue weighted by Gasteiger charge is 2.33. The number of sulfonamides is 1.